The van der Waals surface area contributed by atoms with Crippen LogP contribution >= 0.6 is 0 Å². The van der Waals surface area contributed by atoms with Gasteiger partial charge in [-0.3, -0.25) is 14.4 Å². The van der Waals surface area contributed by atoms with Gasteiger partial charge < -0.3 is 26.0 Å². The van der Waals surface area contributed by atoms with Crippen LogP contribution in [0.5, 0.6) is 0 Å². The first-order valence-electron chi connectivity index (χ1n) is 11.4. The summed E-state index contributed by atoms with van der Waals surface area (Å²) in [5.41, 5.74) is 5.86. The average Bonchev–Trinajstić information content (AvgIpc) is 2.71. The number of nitrogens with one attached hydrogen (secondary N) is 2. The second-order valence-corrected chi connectivity index (χ2v) is 9.29. The molecule has 0 heterocycles. The van der Waals surface area contributed by atoms with Gasteiger partial charge in [-0.1, -0.05) is 44.2 Å². The molecule has 9 nitrogen and oxygen atoms in total. The maximum atomic E-state index is 13.4. The standard InChI is InChI=1S/C25H38N4O5/c1-8-11-16(3)27-22(31)21(18-13-10-12-17(9-2)14-18)29(7)23(32)19(15-20(26)30)28-24(33)34-25(4,5)6/h9-10,12-14,16,19,21H,2,8,11,15H2,1,3-7H3,(H2,26,30)(H,27,31)(H,28,33). The number of benzene rings is 1. The number of hydrogen-bond acceptors (Lipinski definition) is 5. The van der Waals surface area contributed by atoms with Crippen molar-refractivity contribution in [2.24, 2.45) is 5.73 Å². The second kappa shape index (κ2) is 12.8. The molecule has 0 aliphatic carbocycles. The number of likely N-dealkylation sites (N-methyl/N-ethyl adjacent to an activating group) is 1. The zero-order chi connectivity index (χ0) is 26.1. The highest BCUT2D eigenvalue weighted by atomic mass is 16.6. The monoisotopic (exact) mass is 474 g/mol. The molecule has 188 valence electrons. The van der Waals surface area contributed by atoms with Crippen LogP contribution in [-0.4, -0.2) is 53.4 Å². The fourth-order valence-electron chi connectivity index (χ4n) is 3.46. The van der Waals surface area contributed by atoms with Crippen LogP contribution in [0.4, 0.5) is 4.79 Å². The van der Waals surface area contributed by atoms with Gasteiger partial charge in [-0.05, 0) is 51.3 Å². The molecule has 0 aliphatic rings. The van der Waals surface area contributed by atoms with Crippen molar-refractivity contribution in [1.82, 2.24) is 15.5 Å². The Balaban J connectivity index is 3.31. The van der Waals surface area contributed by atoms with Gasteiger partial charge in [0.2, 0.25) is 17.7 Å². The molecule has 4 N–H and O–H groups in total. The Hall–Kier alpha value is -3.36. The van der Waals surface area contributed by atoms with Gasteiger partial charge in [0.05, 0.1) is 6.42 Å². The van der Waals surface area contributed by atoms with Crippen LogP contribution < -0.4 is 16.4 Å². The molecule has 0 fully saturated rings. The predicted octanol–water partition coefficient (Wildman–Crippen LogP) is 2.90. The summed E-state index contributed by atoms with van der Waals surface area (Å²) in [5.74, 6) is -1.82. The van der Waals surface area contributed by atoms with Gasteiger partial charge in [-0.15, -0.1) is 0 Å². The van der Waals surface area contributed by atoms with Gasteiger partial charge in [-0.2, -0.15) is 0 Å². The fourth-order valence-corrected chi connectivity index (χ4v) is 3.46. The van der Waals surface area contributed by atoms with Crippen LogP contribution in [0.3, 0.4) is 0 Å². The second-order valence-electron chi connectivity index (χ2n) is 9.29. The minimum atomic E-state index is -1.30. The summed E-state index contributed by atoms with van der Waals surface area (Å²) >= 11 is 0. The van der Waals surface area contributed by atoms with Crippen molar-refractivity contribution in [1.29, 1.82) is 0 Å². The molecule has 0 aromatic heterocycles. The van der Waals surface area contributed by atoms with Crippen molar-refractivity contribution in [3.8, 4) is 0 Å². The van der Waals surface area contributed by atoms with E-state index in [1.54, 1.807) is 45.0 Å². The van der Waals surface area contributed by atoms with E-state index in [0.717, 1.165) is 18.4 Å². The van der Waals surface area contributed by atoms with E-state index in [4.69, 9.17) is 10.5 Å². The Labute approximate surface area is 202 Å². The molecule has 1 aromatic carbocycles. The molecular formula is C25H38N4O5. The number of alkyl carbamates (subject to hydrolysis) is 1. The Bertz CT molecular complexity index is 894. The van der Waals surface area contributed by atoms with E-state index in [1.807, 2.05) is 19.9 Å². The van der Waals surface area contributed by atoms with Gasteiger partial charge >= 0.3 is 6.09 Å². The summed E-state index contributed by atoms with van der Waals surface area (Å²) in [7, 11) is 1.45. The largest absolute Gasteiger partial charge is 0.444 e. The quantitative estimate of drug-likeness (QED) is 0.454. The number of nitrogens with zero attached hydrogens (tertiary/aromatic N) is 1. The SMILES string of the molecule is C=Cc1cccc(C(C(=O)NC(C)CCC)N(C)C(=O)C(CC(N)=O)NC(=O)OC(C)(C)C)c1. The molecule has 0 bridgehead atoms. The highest BCUT2D eigenvalue weighted by Gasteiger charge is 2.35. The molecule has 34 heavy (non-hydrogen) atoms. The first-order valence-corrected chi connectivity index (χ1v) is 11.4. The highest BCUT2D eigenvalue weighted by Crippen LogP contribution is 2.23. The number of primary amides is 1. The first-order chi connectivity index (χ1) is 15.8. The number of carbonyl (C=O) groups excluding carboxylic acids is 4. The van der Waals surface area contributed by atoms with Gasteiger partial charge in [-0.25, -0.2) is 4.79 Å². The zero-order valence-corrected chi connectivity index (χ0v) is 21.0. The van der Waals surface area contributed by atoms with Gasteiger partial charge in [0.15, 0.2) is 0 Å². The van der Waals surface area contributed by atoms with Crippen molar-refractivity contribution in [2.75, 3.05) is 7.05 Å². The van der Waals surface area contributed by atoms with Crippen LogP contribution in [0.15, 0.2) is 30.8 Å². The molecule has 0 saturated carbocycles. The van der Waals surface area contributed by atoms with Crippen molar-refractivity contribution < 1.29 is 23.9 Å². The smallest absolute Gasteiger partial charge is 0.408 e. The summed E-state index contributed by atoms with van der Waals surface area (Å²) in [4.78, 5) is 51.9. The highest BCUT2D eigenvalue weighted by molar-refractivity contribution is 5.94. The van der Waals surface area contributed by atoms with E-state index in [2.05, 4.69) is 17.2 Å². The number of carbonyl (C=O) groups is 4. The number of nitrogens with two attached hydrogens (primary N) is 1. The summed E-state index contributed by atoms with van der Waals surface area (Å²) < 4.78 is 5.22. The van der Waals surface area contributed by atoms with E-state index in [9.17, 15) is 19.2 Å². The average molecular weight is 475 g/mol. The Morgan fingerprint density at radius 1 is 1.21 bits per heavy atom. The molecule has 0 radical (unpaired) electrons. The lowest BCUT2D eigenvalue weighted by molar-refractivity contribution is -0.142. The maximum absolute atomic E-state index is 13.4. The number of rotatable bonds is 11. The maximum Gasteiger partial charge on any atom is 0.408 e. The van der Waals surface area contributed by atoms with E-state index in [1.165, 1.54) is 11.9 Å². The minimum absolute atomic E-state index is 0.104. The van der Waals surface area contributed by atoms with E-state index in [-0.39, 0.29) is 11.9 Å². The van der Waals surface area contributed by atoms with Crippen LogP contribution in [0.25, 0.3) is 6.08 Å². The third kappa shape index (κ3) is 9.25. The molecule has 9 heteroatoms. The van der Waals surface area contributed by atoms with Crippen molar-refractivity contribution >= 4 is 29.9 Å². The van der Waals surface area contributed by atoms with E-state index >= 15 is 0 Å². The number of hydrogen-bond donors (Lipinski definition) is 3. The van der Waals surface area contributed by atoms with Crippen LogP contribution in [0.1, 0.15) is 71.0 Å². The Kier molecular flexibility index (Phi) is 10.8. The van der Waals surface area contributed by atoms with E-state index < -0.39 is 42.0 Å². The van der Waals surface area contributed by atoms with Crippen LogP contribution in [0, 0.1) is 0 Å². The van der Waals surface area contributed by atoms with Crippen LogP contribution in [0.2, 0.25) is 0 Å². The minimum Gasteiger partial charge on any atom is -0.444 e. The molecule has 3 atom stereocenters. The molecule has 0 saturated heterocycles. The third-order valence-electron chi connectivity index (χ3n) is 4.95. The first kappa shape index (κ1) is 28.7. The topological polar surface area (TPSA) is 131 Å². The van der Waals surface area contributed by atoms with E-state index in [0.29, 0.717) is 5.56 Å². The number of amides is 4. The summed E-state index contributed by atoms with van der Waals surface area (Å²) in [6.07, 6.45) is 1.97. The molecule has 3 unspecified atom stereocenters. The van der Waals surface area contributed by atoms with Crippen LogP contribution in [-0.2, 0) is 19.1 Å². The van der Waals surface area contributed by atoms with Crippen molar-refractivity contribution in [3.63, 3.8) is 0 Å². The van der Waals surface area contributed by atoms with Gasteiger partial charge in [0, 0.05) is 13.1 Å². The molecule has 4 amide bonds. The normalized spacial score (nSPS) is 13.7. The number of ether oxygens (including phenoxy) is 1. The zero-order valence-electron chi connectivity index (χ0n) is 21.0. The summed E-state index contributed by atoms with van der Waals surface area (Å²) in [6.45, 7) is 12.7. The van der Waals surface area contributed by atoms with Crippen molar-refractivity contribution in [3.05, 3.63) is 42.0 Å². The Morgan fingerprint density at radius 3 is 2.38 bits per heavy atom. The van der Waals surface area contributed by atoms with Crippen molar-refractivity contribution in [2.45, 2.75) is 77.6 Å². The Morgan fingerprint density at radius 2 is 1.85 bits per heavy atom. The van der Waals surface area contributed by atoms with Gasteiger partial charge in [0.1, 0.15) is 17.7 Å². The fraction of sp³-hybridized carbons (Fsp3) is 0.520. The molecular weight excluding hydrogens is 436 g/mol. The lowest BCUT2D eigenvalue weighted by atomic mass is 10.00. The summed E-state index contributed by atoms with van der Waals surface area (Å²) in [5, 5.41) is 5.36. The van der Waals surface area contributed by atoms with Gasteiger partial charge in [0.25, 0.3) is 0 Å². The lowest BCUT2D eigenvalue weighted by Gasteiger charge is -2.32. The molecule has 0 aliphatic heterocycles. The molecule has 1 rings (SSSR count). The third-order valence-corrected chi connectivity index (χ3v) is 4.95. The molecule has 0 spiro atoms. The predicted molar refractivity (Wildman–Crippen MR) is 132 cm³/mol. The lowest BCUT2D eigenvalue weighted by Crippen LogP contribution is -2.53. The summed E-state index contributed by atoms with van der Waals surface area (Å²) in [6, 6.07) is 4.66. The molecule has 1 aromatic rings.